The van der Waals surface area contributed by atoms with E-state index in [2.05, 4.69) is 15.3 Å². The predicted octanol–water partition coefficient (Wildman–Crippen LogP) is 4.22. The highest BCUT2D eigenvalue weighted by Gasteiger charge is 2.31. The first-order chi connectivity index (χ1) is 17.8. The van der Waals surface area contributed by atoms with E-state index in [4.69, 9.17) is 20.2 Å². The van der Waals surface area contributed by atoms with Crippen LogP contribution in [-0.2, 0) is 20.1 Å². The molecule has 0 bridgehead atoms. The highest BCUT2D eigenvalue weighted by molar-refractivity contribution is 7.90. The zero-order chi connectivity index (χ0) is 27.8. The maximum absolute atomic E-state index is 12.3. The van der Waals surface area contributed by atoms with E-state index < -0.39 is 15.4 Å². The molecule has 204 valence electrons. The molecule has 4 heterocycles. The van der Waals surface area contributed by atoms with Gasteiger partial charge in [0.05, 0.1) is 28.5 Å². The minimum atomic E-state index is -3.10. The molecule has 38 heavy (non-hydrogen) atoms. The fraction of sp³-hybridized carbons (Fsp3) is 0.481. The average Bonchev–Trinajstić information content (AvgIpc) is 2.85. The third kappa shape index (κ3) is 5.88. The molecular formula is C27H35N5O5S. The van der Waals surface area contributed by atoms with Crippen molar-refractivity contribution in [3.05, 3.63) is 47.4 Å². The molecule has 1 aliphatic rings. The molecule has 3 N–H and O–H groups in total. The van der Waals surface area contributed by atoms with Gasteiger partial charge >= 0.3 is 5.97 Å². The van der Waals surface area contributed by atoms with Gasteiger partial charge in [-0.1, -0.05) is 13.8 Å². The molecule has 0 amide bonds. The van der Waals surface area contributed by atoms with Crippen molar-refractivity contribution in [2.24, 2.45) is 5.73 Å². The summed E-state index contributed by atoms with van der Waals surface area (Å²) in [5, 5.41) is 4.74. The number of sulfone groups is 1. The monoisotopic (exact) mass is 541 g/mol. The Labute approximate surface area is 223 Å². The van der Waals surface area contributed by atoms with Crippen LogP contribution < -0.4 is 15.8 Å². The van der Waals surface area contributed by atoms with Crippen molar-refractivity contribution in [2.75, 3.05) is 17.3 Å². The zero-order valence-corrected chi connectivity index (χ0v) is 23.4. The lowest BCUT2D eigenvalue weighted by molar-refractivity contribution is 0.0235. The molecular weight excluding hydrogens is 506 g/mol. The molecule has 4 rings (SSSR count). The van der Waals surface area contributed by atoms with Gasteiger partial charge in [-0.25, -0.2) is 28.2 Å². The van der Waals surface area contributed by atoms with E-state index >= 15 is 0 Å². The summed E-state index contributed by atoms with van der Waals surface area (Å²) in [4.78, 5) is 26.0. The van der Waals surface area contributed by atoms with Gasteiger partial charge < -0.3 is 20.5 Å². The second kappa shape index (κ2) is 10.5. The van der Waals surface area contributed by atoms with Crippen LogP contribution in [-0.4, -0.2) is 53.6 Å². The number of pyridine rings is 3. The highest BCUT2D eigenvalue weighted by atomic mass is 32.2. The molecule has 3 aromatic heterocycles. The van der Waals surface area contributed by atoms with Crippen LogP contribution in [0, 0.1) is 0 Å². The molecule has 0 unspecified atom stereocenters. The lowest BCUT2D eigenvalue weighted by Crippen LogP contribution is -2.32. The molecule has 0 spiro atoms. The highest BCUT2D eigenvalue weighted by Crippen LogP contribution is 2.35. The smallest absolute Gasteiger partial charge is 0.340 e. The fourth-order valence-corrected chi connectivity index (χ4v) is 5.06. The summed E-state index contributed by atoms with van der Waals surface area (Å²) in [6, 6.07) is 5.31. The van der Waals surface area contributed by atoms with Gasteiger partial charge in [-0.2, -0.15) is 0 Å². The summed E-state index contributed by atoms with van der Waals surface area (Å²) in [5.41, 5.74) is 7.96. The minimum Gasteiger partial charge on any atom is -0.474 e. The second-order valence-corrected chi connectivity index (χ2v) is 12.6. The predicted molar refractivity (Wildman–Crippen MR) is 147 cm³/mol. The number of anilines is 2. The Hall–Kier alpha value is -3.31. The van der Waals surface area contributed by atoms with Gasteiger partial charge in [0.15, 0.2) is 0 Å². The Balaban J connectivity index is 1.70. The van der Waals surface area contributed by atoms with Crippen LogP contribution in [0.25, 0.3) is 10.8 Å². The molecule has 0 aromatic carbocycles. The summed E-state index contributed by atoms with van der Waals surface area (Å²) in [6.45, 7) is 9.60. The lowest BCUT2D eigenvalue weighted by Gasteiger charge is -2.27. The maximum atomic E-state index is 12.3. The summed E-state index contributed by atoms with van der Waals surface area (Å²) in [7, 11) is -3.10. The van der Waals surface area contributed by atoms with E-state index in [1.54, 1.807) is 24.5 Å². The summed E-state index contributed by atoms with van der Waals surface area (Å²) in [6.07, 6.45) is 4.97. The average molecular weight is 542 g/mol. The number of hydrogen-bond donors (Lipinski definition) is 2. The summed E-state index contributed by atoms with van der Waals surface area (Å²) in [5.74, 6) is 1.07. The normalized spacial score (nSPS) is 19.8. The Morgan fingerprint density at radius 1 is 1.18 bits per heavy atom. The van der Waals surface area contributed by atoms with Gasteiger partial charge in [0.25, 0.3) is 0 Å². The minimum absolute atomic E-state index is 0.0239. The number of carbonyl (C=O) groups excluding carboxylic acids is 1. The molecule has 0 saturated carbocycles. The molecule has 0 saturated heterocycles. The molecule has 0 aliphatic carbocycles. The van der Waals surface area contributed by atoms with Crippen LogP contribution in [0.3, 0.4) is 0 Å². The Kier molecular flexibility index (Phi) is 7.62. The molecule has 3 aromatic rings. The summed E-state index contributed by atoms with van der Waals surface area (Å²) >= 11 is 0. The standard InChI is InChI=1S/C27H35N5O5S/c1-7-27(5,28)21-14-30-25(36-15(2)10-11-38(6,34)35)20-13-29-23(12-19(20)21)31-22-9-8-18-24(32-22)16(3)17(4)37-26(18)33/h8-9,12-17H,7,10-11,28H2,1-6H3,(H,29,31,32)/t15-,16+,17-,27-/m1/s1. The van der Waals surface area contributed by atoms with Crippen molar-refractivity contribution in [3.8, 4) is 5.88 Å². The Morgan fingerprint density at radius 2 is 1.92 bits per heavy atom. The molecule has 1 aliphatic heterocycles. The van der Waals surface area contributed by atoms with Crippen LogP contribution in [0.15, 0.2) is 30.6 Å². The van der Waals surface area contributed by atoms with Crippen molar-refractivity contribution in [3.63, 3.8) is 0 Å². The van der Waals surface area contributed by atoms with Gasteiger partial charge in [0.2, 0.25) is 5.88 Å². The summed E-state index contributed by atoms with van der Waals surface area (Å²) < 4.78 is 34.6. The van der Waals surface area contributed by atoms with Crippen LogP contribution in [0.1, 0.15) is 75.0 Å². The molecule has 0 radical (unpaired) electrons. The Morgan fingerprint density at radius 3 is 2.61 bits per heavy atom. The van der Waals surface area contributed by atoms with E-state index in [0.29, 0.717) is 47.0 Å². The zero-order valence-electron chi connectivity index (χ0n) is 22.6. The number of aromatic nitrogens is 3. The van der Waals surface area contributed by atoms with Gasteiger partial charge in [0.1, 0.15) is 27.6 Å². The number of nitrogens with two attached hydrogens (primary N) is 1. The van der Waals surface area contributed by atoms with Gasteiger partial charge in [-0.15, -0.1) is 0 Å². The van der Waals surface area contributed by atoms with Gasteiger partial charge in [0, 0.05) is 30.1 Å². The van der Waals surface area contributed by atoms with Gasteiger partial charge in [-0.05, 0) is 62.8 Å². The largest absolute Gasteiger partial charge is 0.474 e. The SMILES string of the molecule is CC[C@@](C)(N)c1cnc(O[C@H](C)CCS(C)(=O)=O)c2cnc(Nc3ccc4c(n3)[C@@H](C)[C@@H](C)OC4=O)cc12. The van der Waals surface area contributed by atoms with Crippen molar-refractivity contribution in [1.29, 1.82) is 0 Å². The number of ether oxygens (including phenoxy) is 2. The number of nitrogens with zero attached hydrogens (tertiary/aromatic N) is 3. The van der Waals surface area contributed by atoms with Crippen molar-refractivity contribution < 1.29 is 22.7 Å². The number of nitrogens with one attached hydrogen (secondary N) is 1. The quantitative estimate of drug-likeness (QED) is 0.377. The number of fused-ring (bicyclic) bond motifs is 2. The molecule has 0 fully saturated rings. The van der Waals surface area contributed by atoms with E-state index in [0.717, 1.165) is 10.9 Å². The van der Waals surface area contributed by atoms with Crippen molar-refractivity contribution >= 4 is 38.2 Å². The van der Waals surface area contributed by atoms with E-state index in [1.807, 2.05) is 40.7 Å². The molecule has 4 atom stereocenters. The van der Waals surface area contributed by atoms with Crippen LogP contribution in [0.2, 0.25) is 0 Å². The number of rotatable bonds is 9. The first kappa shape index (κ1) is 27.7. The molecule has 11 heteroatoms. The van der Waals surface area contributed by atoms with E-state index in [9.17, 15) is 13.2 Å². The van der Waals surface area contributed by atoms with Crippen LogP contribution >= 0.6 is 0 Å². The van der Waals surface area contributed by atoms with Crippen LogP contribution in [0.4, 0.5) is 11.6 Å². The van der Waals surface area contributed by atoms with E-state index in [1.165, 1.54) is 6.26 Å². The number of carbonyl (C=O) groups is 1. The second-order valence-electron chi connectivity index (χ2n) is 10.4. The topological polar surface area (TPSA) is 146 Å². The third-order valence-corrected chi connectivity index (χ3v) is 8.10. The first-order valence-electron chi connectivity index (χ1n) is 12.7. The number of hydrogen-bond acceptors (Lipinski definition) is 10. The molecule has 10 nitrogen and oxygen atoms in total. The number of esters is 1. The van der Waals surface area contributed by atoms with Gasteiger partial charge in [-0.3, -0.25) is 0 Å². The third-order valence-electron chi connectivity index (χ3n) is 7.12. The maximum Gasteiger partial charge on any atom is 0.340 e. The Bertz CT molecular complexity index is 1470. The van der Waals surface area contributed by atoms with Crippen LogP contribution in [0.5, 0.6) is 5.88 Å². The van der Waals surface area contributed by atoms with Crippen molar-refractivity contribution in [1.82, 2.24) is 15.0 Å². The van der Waals surface area contributed by atoms with E-state index in [-0.39, 0.29) is 29.8 Å². The first-order valence-corrected chi connectivity index (χ1v) is 14.8. The number of cyclic esters (lactones) is 1. The fourth-order valence-electron chi connectivity index (χ4n) is 4.30. The lowest BCUT2D eigenvalue weighted by atomic mass is 9.88. The van der Waals surface area contributed by atoms with Crippen molar-refractivity contribution in [2.45, 2.75) is 71.1 Å².